The number of rotatable bonds is 1. The third-order valence-electron chi connectivity index (χ3n) is 2.55. The van der Waals surface area contributed by atoms with Crippen LogP contribution in [0.3, 0.4) is 0 Å². The summed E-state index contributed by atoms with van der Waals surface area (Å²) in [5.41, 5.74) is 3.29. The topological polar surface area (TPSA) is 53.1 Å². The van der Waals surface area contributed by atoms with E-state index in [1.165, 1.54) is 0 Å². The van der Waals surface area contributed by atoms with Crippen molar-refractivity contribution in [2.24, 2.45) is 0 Å². The summed E-state index contributed by atoms with van der Waals surface area (Å²) in [5.74, 6) is -0.877. The Morgan fingerprint density at radius 1 is 1.36 bits per heavy atom. The molecule has 0 amide bonds. The first kappa shape index (κ1) is 8.81. The number of fused-ring (bicyclic) bond motifs is 1. The molecule has 1 heterocycles. The molecule has 1 aromatic carbocycles. The van der Waals surface area contributed by atoms with Crippen LogP contribution >= 0.6 is 0 Å². The second kappa shape index (κ2) is 2.87. The summed E-state index contributed by atoms with van der Waals surface area (Å²) in [6.07, 6.45) is 0. The first-order chi connectivity index (χ1) is 6.61. The van der Waals surface area contributed by atoms with E-state index in [0.717, 1.165) is 22.2 Å². The highest BCUT2D eigenvalue weighted by Gasteiger charge is 2.12. The molecule has 0 aliphatic rings. The molecule has 0 bridgehead atoms. The molecule has 3 heteroatoms. The molecule has 0 spiro atoms. The molecule has 0 saturated carbocycles. The molecular weight excluding hydrogens is 178 g/mol. The normalized spacial score (nSPS) is 10.7. The fourth-order valence-electron chi connectivity index (χ4n) is 1.72. The Bertz CT molecular complexity index is 511. The number of hydrogen-bond acceptors (Lipinski definition) is 1. The highest BCUT2D eigenvalue weighted by Crippen LogP contribution is 2.24. The lowest BCUT2D eigenvalue weighted by Crippen LogP contribution is -1.96. The van der Waals surface area contributed by atoms with Crippen molar-refractivity contribution in [1.82, 2.24) is 4.98 Å². The van der Waals surface area contributed by atoms with E-state index in [0.29, 0.717) is 5.56 Å². The number of carboxylic acid groups (broad SMARTS) is 1. The SMILES string of the molecule is Cc1[nH]c2cccc(C(=O)O)c2c1C. The van der Waals surface area contributed by atoms with Crippen LogP contribution in [0.4, 0.5) is 0 Å². The molecule has 0 fully saturated rings. The minimum atomic E-state index is -0.877. The Balaban J connectivity index is 2.91. The maximum Gasteiger partial charge on any atom is 0.336 e. The van der Waals surface area contributed by atoms with Crippen molar-refractivity contribution in [1.29, 1.82) is 0 Å². The number of benzene rings is 1. The molecule has 14 heavy (non-hydrogen) atoms. The number of hydrogen-bond donors (Lipinski definition) is 2. The molecule has 0 radical (unpaired) electrons. The zero-order chi connectivity index (χ0) is 10.3. The lowest BCUT2D eigenvalue weighted by molar-refractivity contribution is 0.0699. The van der Waals surface area contributed by atoms with Gasteiger partial charge < -0.3 is 10.1 Å². The van der Waals surface area contributed by atoms with E-state index in [-0.39, 0.29) is 0 Å². The smallest absolute Gasteiger partial charge is 0.336 e. The Morgan fingerprint density at radius 2 is 2.07 bits per heavy atom. The van der Waals surface area contributed by atoms with Crippen molar-refractivity contribution in [3.8, 4) is 0 Å². The largest absolute Gasteiger partial charge is 0.478 e. The van der Waals surface area contributed by atoms with Crippen LogP contribution in [-0.4, -0.2) is 16.1 Å². The standard InChI is InChI=1S/C11H11NO2/c1-6-7(2)12-9-5-3-4-8(10(6)9)11(13)14/h3-5,12H,1-2H3,(H,13,14). The Hall–Kier alpha value is -1.77. The van der Waals surface area contributed by atoms with Gasteiger partial charge in [-0.25, -0.2) is 4.79 Å². The van der Waals surface area contributed by atoms with E-state index in [2.05, 4.69) is 4.98 Å². The van der Waals surface area contributed by atoms with E-state index < -0.39 is 5.97 Å². The predicted octanol–water partition coefficient (Wildman–Crippen LogP) is 2.48. The molecule has 1 aromatic heterocycles. The van der Waals surface area contributed by atoms with Crippen molar-refractivity contribution in [3.63, 3.8) is 0 Å². The molecular formula is C11H11NO2. The predicted molar refractivity (Wildman–Crippen MR) is 54.7 cm³/mol. The number of carbonyl (C=O) groups is 1. The number of aromatic amines is 1. The molecule has 0 atom stereocenters. The van der Waals surface area contributed by atoms with Gasteiger partial charge in [-0.1, -0.05) is 6.07 Å². The third kappa shape index (κ3) is 1.09. The Kier molecular flexibility index (Phi) is 1.81. The van der Waals surface area contributed by atoms with Crippen LogP contribution < -0.4 is 0 Å². The molecule has 0 saturated heterocycles. The summed E-state index contributed by atoms with van der Waals surface area (Å²) < 4.78 is 0. The lowest BCUT2D eigenvalue weighted by atomic mass is 10.1. The zero-order valence-corrected chi connectivity index (χ0v) is 8.09. The van der Waals surface area contributed by atoms with E-state index >= 15 is 0 Å². The van der Waals surface area contributed by atoms with Gasteiger partial charge in [-0.2, -0.15) is 0 Å². The highest BCUT2D eigenvalue weighted by molar-refractivity contribution is 6.04. The average Bonchev–Trinajstić information content (AvgIpc) is 2.43. The first-order valence-electron chi connectivity index (χ1n) is 4.42. The molecule has 72 valence electrons. The lowest BCUT2D eigenvalue weighted by Gasteiger charge is -1.97. The van der Waals surface area contributed by atoms with E-state index in [1.807, 2.05) is 19.9 Å². The van der Waals surface area contributed by atoms with Crippen molar-refractivity contribution < 1.29 is 9.90 Å². The summed E-state index contributed by atoms with van der Waals surface area (Å²) in [7, 11) is 0. The van der Waals surface area contributed by atoms with Gasteiger partial charge >= 0.3 is 5.97 Å². The van der Waals surface area contributed by atoms with Crippen LogP contribution in [0.5, 0.6) is 0 Å². The van der Waals surface area contributed by atoms with E-state index in [1.54, 1.807) is 12.1 Å². The van der Waals surface area contributed by atoms with Gasteiger partial charge in [-0.05, 0) is 31.5 Å². The van der Waals surface area contributed by atoms with Gasteiger partial charge in [0.25, 0.3) is 0 Å². The van der Waals surface area contributed by atoms with Crippen molar-refractivity contribution in [2.75, 3.05) is 0 Å². The van der Waals surface area contributed by atoms with Gasteiger partial charge in [0.05, 0.1) is 5.56 Å². The van der Waals surface area contributed by atoms with Crippen LogP contribution in [0.2, 0.25) is 0 Å². The summed E-state index contributed by atoms with van der Waals surface area (Å²) in [6, 6.07) is 5.27. The molecule has 2 N–H and O–H groups in total. The van der Waals surface area contributed by atoms with Crippen molar-refractivity contribution >= 4 is 16.9 Å². The van der Waals surface area contributed by atoms with Crippen molar-refractivity contribution in [3.05, 3.63) is 35.0 Å². The van der Waals surface area contributed by atoms with Crippen LogP contribution in [0.1, 0.15) is 21.6 Å². The molecule has 3 nitrogen and oxygen atoms in total. The Labute approximate surface area is 81.4 Å². The summed E-state index contributed by atoms with van der Waals surface area (Å²) in [6.45, 7) is 3.88. The van der Waals surface area contributed by atoms with Crippen LogP contribution in [0, 0.1) is 13.8 Å². The summed E-state index contributed by atoms with van der Waals surface area (Å²) >= 11 is 0. The molecule has 2 rings (SSSR count). The molecule has 0 aliphatic heterocycles. The minimum Gasteiger partial charge on any atom is -0.478 e. The quantitative estimate of drug-likeness (QED) is 0.724. The average molecular weight is 189 g/mol. The number of aromatic carboxylic acids is 1. The van der Waals surface area contributed by atoms with Gasteiger partial charge in [0.1, 0.15) is 0 Å². The molecule has 2 aromatic rings. The zero-order valence-electron chi connectivity index (χ0n) is 8.09. The van der Waals surface area contributed by atoms with Gasteiger partial charge in [0.15, 0.2) is 0 Å². The van der Waals surface area contributed by atoms with Gasteiger partial charge in [-0.3, -0.25) is 0 Å². The summed E-state index contributed by atoms with van der Waals surface area (Å²) in [4.78, 5) is 14.1. The number of nitrogens with one attached hydrogen (secondary N) is 1. The Morgan fingerprint density at radius 3 is 2.71 bits per heavy atom. The van der Waals surface area contributed by atoms with Gasteiger partial charge in [-0.15, -0.1) is 0 Å². The van der Waals surface area contributed by atoms with Gasteiger partial charge in [0, 0.05) is 16.6 Å². The summed E-state index contributed by atoms with van der Waals surface area (Å²) in [5, 5.41) is 9.82. The third-order valence-corrected chi connectivity index (χ3v) is 2.55. The monoisotopic (exact) mass is 189 g/mol. The second-order valence-corrected chi connectivity index (χ2v) is 3.41. The van der Waals surface area contributed by atoms with Crippen LogP contribution in [0.25, 0.3) is 10.9 Å². The first-order valence-corrected chi connectivity index (χ1v) is 4.42. The fraction of sp³-hybridized carbons (Fsp3) is 0.182. The number of carboxylic acids is 1. The highest BCUT2D eigenvalue weighted by atomic mass is 16.4. The maximum atomic E-state index is 11.0. The maximum absolute atomic E-state index is 11.0. The molecule has 0 unspecified atom stereocenters. The number of H-pyrrole nitrogens is 1. The number of aromatic nitrogens is 1. The van der Waals surface area contributed by atoms with Crippen molar-refractivity contribution in [2.45, 2.75) is 13.8 Å². The minimum absolute atomic E-state index is 0.365. The van der Waals surface area contributed by atoms with Crippen LogP contribution in [0.15, 0.2) is 18.2 Å². The fourth-order valence-corrected chi connectivity index (χ4v) is 1.72. The van der Waals surface area contributed by atoms with Gasteiger partial charge in [0.2, 0.25) is 0 Å². The van der Waals surface area contributed by atoms with Crippen LogP contribution in [-0.2, 0) is 0 Å². The second-order valence-electron chi connectivity index (χ2n) is 3.41. The number of aryl methyl sites for hydroxylation is 2. The van der Waals surface area contributed by atoms with E-state index in [4.69, 9.17) is 5.11 Å². The van der Waals surface area contributed by atoms with E-state index in [9.17, 15) is 4.79 Å². The molecule has 0 aliphatic carbocycles.